The number of nitrogens with two attached hydrogens (primary N) is 1. The Morgan fingerprint density at radius 1 is 1.29 bits per heavy atom. The molecule has 3 amide bonds. The molecule has 6 rings (SSSR count). The van der Waals surface area contributed by atoms with Crippen molar-refractivity contribution in [3.8, 4) is 0 Å². The summed E-state index contributed by atoms with van der Waals surface area (Å²) in [5, 5.41) is 29.6. The topological polar surface area (TPSA) is 220 Å². The molecular weight excluding hydrogens is 610 g/mol. The highest BCUT2D eigenvalue weighted by Crippen LogP contribution is 2.35. The smallest absolute Gasteiger partial charge is 0.356 e. The fourth-order valence-corrected chi connectivity index (χ4v) is 6.24. The lowest BCUT2D eigenvalue weighted by Crippen LogP contribution is -2.73. The summed E-state index contributed by atoms with van der Waals surface area (Å²) >= 11 is 1.11. The first-order chi connectivity index (χ1) is 21.6. The van der Waals surface area contributed by atoms with Crippen LogP contribution in [0.2, 0.25) is 0 Å². The van der Waals surface area contributed by atoms with Crippen molar-refractivity contribution in [3.63, 3.8) is 0 Å². The number of nitrogen functional groups attached to an aromatic ring is 1. The Morgan fingerprint density at radius 2 is 2.07 bits per heavy atom. The van der Waals surface area contributed by atoms with Crippen molar-refractivity contribution in [1.29, 1.82) is 0 Å². The van der Waals surface area contributed by atoms with Crippen LogP contribution in [-0.2, 0) is 28.8 Å². The van der Waals surface area contributed by atoms with Crippen molar-refractivity contribution in [1.82, 2.24) is 15.2 Å². The van der Waals surface area contributed by atoms with Crippen LogP contribution in [0.25, 0.3) is 0 Å². The molecule has 2 atom stereocenters. The van der Waals surface area contributed by atoms with Gasteiger partial charge in [-0.2, -0.15) is 0 Å². The van der Waals surface area contributed by atoms with Gasteiger partial charge in [0.25, 0.3) is 23.4 Å². The predicted octanol–water partition coefficient (Wildman–Crippen LogP) is 1.68. The Morgan fingerprint density at radius 3 is 2.76 bits per heavy atom. The molecule has 4 heterocycles. The number of rotatable bonds is 9. The first-order valence-electron chi connectivity index (χ1n) is 14.1. The van der Waals surface area contributed by atoms with Crippen LogP contribution >= 0.6 is 11.3 Å². The monoisotopic (exact) mass is 637 g/mol. The van der Waals surface area contributed by atoms with Crippen LogP contribution in [0.15, 0.2) is 57.9 Å². The van der Waals surface area contributed by atoms with Gasteiger partial charge in [0.1, 0.15) is 30.5 Å². The highest BCUT2D eigenvalue weighted by molar-refractivity contribution is 7.13. The van der Waals surface area contributed by atoms with Crippen LogP contribution in [-0.4, -0.2) is 80.7 Å². The number of ether oxygens (including phenoxy) is 1. The molecule has 3 fully saturated rings. The minimum Gasteiger partial charge on any atom is -0.489 e. The Bertz CT molecular complexity index is 1690. The summed E-state index contributed by atoms with van der Waals surface area (Å²) in [6, 6.07) is 3.65. The summed E-state index contributed by atoms with van der Waals surface area (Å²) in [6.45, 7) is 0.0456. The Kier molecular flexibility index (Phi) is 7.92. The van der Waals surface area contributed by atoms with Gasteiger partial charge >= 0.3 is 5.97 Å². The van der Waals surface area contributed by atoms with Crippen LogP contribution < -0.4 is 16.0 Å². The number of aromatic nitrogens is 1. The molecular formula is C28H27N7O9S. The number of hydrogen-bond acceptors (Lipinski definition) is 12. The van der Waals surface area contributed by atoms with E-state index >= 15 is 0 Å². The van der Waals surface area contributed by atoms with Crippen LogP contribution in [0.5, 0.6) is 0 Å². The van der Waals surface area contributed by atoms with Gasteiger partial charge in [-0.15, -0.1) is 11.3 Å². The maximum atomic E-state index is 13.3. The largest absolute Gasteiger partial charge is 0.489 e. The normalized spacial score (nSPS) is 22.8. The standard InChI is InChI=1S/C28H27N7O9S/c29-28-30-18(13-45-28)21(32-44-17-6-1-2-7-17)24(36)31-22-19-12-43-20(23(27(39)40)34(19)26(22)38)10-14-8-9-33(25(14)37)15-4-3-5-16(11-15)35(41)42/h3-5,10-11,13,17,19,22H,1-2,6-9,12H2,(H2,29,30)(H,31,36)(H,39,40)/t19-,22+/m1/s1. The molecule has 1 saturated carbocycles. The van der Waals surface area contributed by atoms with E-state index in [1.165, 1.54) is 29.2 Å². The molecule has 1 aromatic heterocycles. The number of anilines is 2. The van der Waals surface area contributed by atoms with E-state index in [0.717, 1.165) is 41.9 Å². The highest BCUT2D eigenvalue weighted by atomic mass is 32.1. The van der Waals surface area contributed by atoms with E-state index in [1.54, 1.807) is 11.4 Å². The molecule has 2 aromatic rings. The number of allylic oxidation sites excluding steroid dienone is 1. The van der Waals surface area contributed by atoms with E-state index in [2.05, 4.69) is 15.5 Å². The first-order valence-corrected chi connectivity index (χ1v) is 15.0. The number of oxime groups is 1. The number of nitro benzene ring substituents is 1. The Labute approximate surface area is 258 Å². The number of carbonyl (C=O) groups is 4. The lowest BCUT2D eigenvalue weighted by atomic mass is 9.92. The number of carboxylic acid groups (broad SMARTS) is 1. The summed E-state index contributed by atoms with van der Waals surface area (Å²) in [4.78, 5) is 74.7. The summed E-state index contributed by atoms with van der Waals surface area (Å²) in [5.74, 6) is -3.56. The molecule has 234 valence electrons. The fourth-order valence-electron chi connectivity index (χ4n) is 5.69. The van der Waals surface area contributed by atoms with E-state index in [4.69, 9.17) is 15.3 Å². The molecule has 2 saturated heterocycles. The first kappa shape index (κ1) is 29.7. The molecule has 0 spiro atoms. The average molecular weight is 638 g/mol. The van der Waals surface area contributed by atoms with Gasteiger partial charge in [0.15, 0.2) is 22.3 Å². The lowest BCUT2D eigenvalue weighted by Gasteiger charge is -2.49. The molecule has 3 aliphatic heterocycles. The van der Waals surface area contributed by atoms with Crippen molar-refractivity contribution in [2.75, 3.05) is 23.8 Å². The van der Waals surface area contributed by atoms with Crippen LogP contribution in [0.1, 0.15) is 37.8 Å². The maximum absolute atomic E-state index is 13.3. The van der Waals surface area contributed by atoms with E-state index in [-0.39, 0.29) is 59.2 Å². The molecule has 1 aliphatic carbocycles. The number of hydrogen-bond donors (Lipinski definition) is 3. The number of aliphatic carboxylic acids is 1. The molecule has 1 aromatic carbocycles. The number of amides is 3. The van der Waals surface area contributed by atoms with Gasteiger partial charge in [-0.1, -0.05) is 11.2 Å². The number of nitrogens with one attached hydrogen (secondary N) is 1. The zero-order valence-electron chi connectivity index (χ0n) is 23.6. The minimum atomic E-state index is -1.46. The zero-order chi connectivity index (χ0) is 31.8. The quantitative estimate of drug-likeness (QED) is 0.118. The molecule has 0 unspecified atom stereocenters. The van der Waals surface area contributed by atoms with E-state index in [0.29, 0.717) is 5.69 Å². The fraction of sp³-hybridized carbons (Fsp3) is 0.357. The van der Waals surface area contributed by atoms with E-state index in [1.807, 2.05) is 0 Å². The summed E-state index contributed by atoms with van der Waals surface area (Å²) in [6.07, 6.45) is 4.92. The highest BCUT2D eigenvalue weighted by Gasteiger charge is 2.55. The van der Waals surface area contributed by atoms with Gasteiger partial charge in [0.05, 0.1) is 10.6 Å². The summed E-state index contributed by atoms with van der Waals surface area (Å²) in [5.41, 5.74) is 5.65. The number of carbonyl (C=O) groups excluding carboxylic acids is 3. The van der Waals surface area contributed by atoms with Gasteiger partial charge in [-0.25, -0.2) is 9.78 Å². The third-order valence-electron chi connectivity index (χ3n) is 7.95. The van der Waals surface area contributed by atoms with Crippen molar-refractivity contribution in [3.05, 3.63) is 68.6 Å². The number of thiazole rings is 1. The lowest BCUT2D eigenvalue weighted by molar-refractivity contribution is -0.384. The van der Waals surface area contributed by atoms with Crippen molar-refractivity contribution in [2.45, 2.75) is 50.3 Å². The second-order valence-corrected chi connectivity index (χ2v) is 11.6. The SMILES string of the molecule is Nc1nc(C(=NOC2CCCC2)C(=O)N[C@@H]2C(=O)N3C(C(=O)O)=C(C=C4CCN(c5cccc([N+](=O)[O-])c5)C4=O)OC[C@H]23)cs1. The van der Waals surface area contributed by atoms with Gasteiger partial charge in [-0.3, -0.25) is 29.4 Å². The molecule has 4 aliphatic rings. The summed E-state index contributed by atoms with van der Waals surface area (Å²) in [7, 11) is 0. The number of carboxylic acids is 1. The Hall–Kier alpha value is -5.32. The van der Waals surface area contributed by atoms with Crippen LogP contribution in [0.4, 0.5) is 16.5 Å². The van der Waals surface area contributed by atoms with Gasteiger partial charge in [-0.05, 0) is 44.2 Å². The summed E-state index contributed by atoms with van der Waals surface area (Å²) < 4.78 is 5.75. The average Bonchev–Trinajstić information content (AvgIpc) is 3.78. The molecule has 0 radical (unpaired) electrons. The van der Waals surface area contributed by atoms with Crippen molar-refractivity contribution < 1.29 is 38.8 Å². The number of β-lactam (4-membered cyclic amide) rings is 1. The van der Waals surface area contributed by atoms with Crippen molar-refractivity contribution >= 4 is 57.2 Å². The van der Waals surface area contributed by atoms with E-state index < -0.39 is 46.4 Å². The minimum absolute atomic E-state index is 0.141. The Balaban J connectivity index is 1.19. The van der Waals surface area contributed by atoms with Gasteiger partial charge in [0, 0.05) is 29.6 Å². The second kappa shape index (κ2) is 12.0. The van der Waals surface area contributed by atoms with Gasteiger partial charge < -0.3 is 30.6 Å². The zero-order valence-corrected chi connectivity index (χ0v) is 24.4. The molecule has 16 nitrogen and oxygen atoms in total. The van der Waals surface area contributed by atoms with E-state index in [9.17, 15) is 34.4 Å². The van der Waals surface area contributed by atoms with Crippen molar-refractivity contribution in [2.24, 2.45) is 5.16 Å². The number of non-ortho nitro benzene ring substituents is 1. The third kappa shape index (κ3) is 5.68. The second-order valence-electron chi connectivity index (χ2n) is 10.7. The van der Waals surface area contributed by atoms with Gasteiger partial charge in [0.2, 0.25) is 0 Å². The van der Waals surface area contributed by atoms with Crippen LogP contribution in [0.3, 0.4) is 0 Å². The van der Waals surface area contributed by atoms with Crippen LogP contribution in [0, 0.1) is 10.1 Å². The molecule has 45 heavy (non-hydrogen) atoms. The number of nitrogens with zero attached hydrogens (tertiary/aromatic N) is 5. The molecule has 4 N–H and O–H groups in total. The molecule has 17 heteroatoms. The maximum Gasteiger partial charge on any atom is 0.356 e. The predicted molar refractivity (Wildman–Crippen MR) is 158 cm³/mol. The number of benzene rings is 1. The third-order valence-corrected chi connectivity index (χ3v) is 8.62. The number of nitro groups is 1. The number of fused-ring (bicyclic) bond motifs is 1. The molecule has 0 bridgehead atoms.